The minimum absolute atomic E-state index is 0.0919. The normalized spacial score (nSPS) is 11.5. The maximum atomic E-state index is 13.5. The van der Waals surface area contributed by atoms with Gasteiger partial charge in [0, 0.05) is 5.56 Å². The van der Waals surface area contributed by atoms with Crippen LogP contribution in [0, 0.1) is 12.7 Å². The van der Waals surface area contributed by atoms with Crippen molar-refractivity contribution in [2.24, 2.45) is 0 Å². The molecule has 0 atom stereocenters. The predicted molar refractivity (Wildman–Crippen MR) is 51.8 cm³/mol. The SMILES string of the molecule is Cc1cnn2cc(F)c(C(C)C)nc12. The van der Waals surface area contributed by atoms with E-state index < -0.39 is 0 Å². The van der Waals surface area contributed by atoms with Crippen molar-refractivity contribution >= 4 is 5.65 Å². The quantitative estimate of drug-likeness (QED) is 0.695. The molecular weight excluding hydrogens is 181 g/mol. The van der Waals surface area contributed by atoms with Crippen LogP contribution < -0.4 is 0 Å². The molecule has 2 aromatic heterocycles. The first kappa shape index (κ1) is 9.12. The fourth-order valence-electron chi connectivity index (χ4n) is 1.42. The van der Waals surface area contributed by atoms with Gasteiger partial charge in [-0.05, 0) is 12.8 Å². The Kier molecular flexibility index (Phi) is 1.98. The van der Waals surface area contributed by atoms with Crippen LogP contribution in [-0.4, -0.2) is 14.6 Å². The Morgan fingerprint density at radius 2 is 2.14 bits per heavy atom. The molecule has 0 spiro atoms. The van der Waals surface area contributed by atoms with Crippen LogP contribution in [0.1, 0.15) is 31.0 Å². The summed E-state index contributed by atoms with van der Waals surface area (Å²) in [7, 11) is 0. The molecule has 2 rings (SSSR count). The van der Waals surface area contributed by atoms with Gasteiger partial charge in [-0.25, -0.2) is 13.9 Å². The van der Waals surface area contributed by atoms with E-state index in [1.807, 2.05) is 20.8 Å². The van der Waals surface area contributed by atoms with Gasteiger partial charge >= 0.3 is 0 Å². The predicted octanol–water partition coefficient (Wildman–Crippen LogP) is 2.30. The molecule has 2 heterocycles. The van der Waals surface area contributed by atoms with Crippen molar-refractivity contribution < 1.29 is 4.39 Å². The Labute approximate surface area is 81.6 Å². The molecule has 0 saturated heterocycles. The van der Waals surface area contributed by atoms with Gasteiger partial charge in [0.25, 0.3) is 0 Å². The number of aryl methyl sites for hydroxylation is 1. The molecule has 0 fully saturated rings. The van der Waals surface area contributed by atoms with E-state index in [1.54, 1.807) is 6.20 Å². The van der Waals surface area contributed by atoms with Crippen LogP contribution >= 0.6 is 0 Å². The van der Waals surface area contributed by atoms with Crippen molar-refractivity contribution in [1.29, 1.82) is 0 Å². The van der Waals surface area contributed by atoms with Crippen LogP contribution in [0.15, 0.2) is 12.4 Å². The smallest absolute Gasteiger partial charge is 0.163 e. The number of halogens is 1. The first-order valence-electron chi connectivity index (χ1n) is 4.60. The number of hydrogen-bond acceptors (Lipinski definition) is 2. The van der Waals surface area contributed by atoms with E-state index in [4.69, 9.17) is 0 Å². The minimum atomic E-state index is -0.296. The zero-order valence-electron chi connectivity index (χ0n) is 8.45. The molecule has 0 aliphatic heterocycles. The van der Waals surface area contributed by atoms with Crippen molar-refractivity contribution in [2.75, 3.05) is 0 Å². The summed E-state index contributed by atoms with van der Waals surface area (Å²) in [6, 6.07) is 0. The average molecular weight is 193 g/mol. The first-order chi connectivity index (χ1) is 6.59. The second kappa shape index (κ2) is 3.04. The molecule has 0 aliphatic rings. The standard InChI is InChI=1S/C10H12FN3/c1-6(2)9-8(11)5-14-10(13-9)7(3)4-12-14/h4-6H,1-3H3. The third-order valence-corrected chi connectivity index (χ3v) is 2.20. The molecule has 2 aromatic rings. The highest BCUT2D eigenvalue weighted by molar-refractivity contribution is 5.45. The fraction of sp³-hybridized carbons (Fsp3) is 0.400. The molecule has 0 aliphatic carbocycles. The lowest BCUT2D eigenvalue weighted by Gasteiger charge is -2.06. The average Bonchev–Trinajstić information content (AvgIpc) is 2.46. The monoisotopic (exact) mass is 193 g/mol. The van der Waals surface area contributed by atoms with E-state index in [2.05, 4.69) is 10.1 Å². The Balaban J connectivity index is 2.74. The van der Waals surface area contributed by atoms with Crippen LogP contribution in [-0.2, 0) is 0 Å². The largest absolute Gasteiger partial charge is 0.230 e. The van der Waals surface area contributed by atoms with E-state index in [0.29, 0.717) is 5.69 Å². The highest BCUT2D eigenvalue weighted by Gasteiger charge is 2.11. The fourth-order valence-corrected chi connectivity index (χ4v) is 1.42. The van der Waals surface area contributed by atoms with Crippen molar-refractivity contribution in [3.05, 3.63) is 29.5 Å². The van der Waals surface area contributed by atoms with Gasteiger partial charge in [0.15, 0.2) is 11.5 Å². The summed E-state index contributed by atoms with van der Waals surface area (Å²) in [5.74, 6) is -0.204. The van der Waals surface area contributed by atoms with Crippen LogP contribution in [0.3, 0.4) is 0 Å². The zero-order valence-corrected chi connectivity index (χ0v) is 8.45. The van der Waals surface area contributed by atoms with Crippen LogP contribution in [0.5, 0.6) is 0 Å². The van der Waals surface area contributed by atoms with Crippen LogP contribution in [0.25, 0.3) is 5.65 Å². The van der Waals surface area contributed by atoms with E-state index in [0.717, 1.165) is 11.2 Å². The molecule has 0 amide bonds. The number of fused-ring (bicyclic) bond motifs is 1. The molecule has 0 bridgehead atoms. The first-order valence-corrected chi connectivity index (χ1v) is 4.60. The Morgan fingerprint density at radius 1 is 1.43 bits per heavy atom. The van der Waals surface area contributed by atoms with E-state index >= 15 is 0 Å². The third-order valence-electron chi connectivity index (χ3n) is 2.20. The topological polar surface area (TPSA) is 30.2 Å². The molecule has 3 nitrogen and oxygen atoms in total. The van der Waals surface area contributed by atoms with Crippen LogP contribution in [0.2, 0.25) is 0 Å². The van der Waals surface area contributed by atoms with Crippen molar-refractivity contribution in [1.82, 2.24) is 14.6 Å². The Bertz CT molecular complexity index is 473. The number of nitrogens with zero attached hydrogens (tertiary/aromatic N) is 3. The highest BCUT2D eigenvalue weighted by Crippen LogP contribution is 2.17. The van der Waals surface area contributed by atoms with Crippen molar-refractivity contribution in [2.45, 2.75) is 26.7 Å². The second-order valence-electron chi connectivity index (χ2n) is 3.72. The summed E-state index contributed by atoms with van der Waals surface area (Å²) in [5, 5.41) is 3.99. The molecule has 74 valence electrons. The summed E-state index contributed by atoms with van der Waals surface area (Å²) in [6.07, 6.45) is 3.07. The van der Waals surface area contributed by atoms with E-state index in [-0.39, 0.29) is 11.7 Å². The van der Waals surface area contributed by atoms with Gasteiger partial charge in [-0.15, -0.1) is 0 Å². The molecule has 0 N–H and O–H groups in total. The summed E-state index contributed by atoms with van der Waals surface area (Å²) in [6.45, 7) is 5.76. The number of rotatable bonds is 1. The number of hydrogen-bond donors (Lipinski definition) is 0. The molecule has 4 heteroatoms. The summed E-state index contributed by atoms with van der Waals surface area (Å²) >= 11 is 0. The van der Waals surface area contributed by atoms with Gasteiger partial charge < -0.3 is 0 Å². The molecule has 0 saturated carbocycles. The van der Waals surface area contributed by atoms with Gasteiger partial charge in [0.2, 0.25) is 0 Å². The second-order valence-corrected chi connectivity index (χ2v) is 3.72. The van der Waals surface area contributed by atoms with Crippen LogP contribution in [0.4, 0.5) is 4.39 Å². The van der Waals surface area contributed by atoms with Gasteiger partial charge in [-0.3, -0.25) is 0 Å². The molecular formula is C10H12FN3. The number of aromatic nitrogens is 3. The van der Waals surface area contributed by atoms with Crippen molar-refractivity contribution in [3.8, 4) is 0 Å². The molecule has 14 heavy (non-hydrogen) atoms. The third kappa shape index (κ3) is 1.27. The van der Waals surface area contributed by atoms with Gasteiger partial charge in [0.05, 0.1) is 18.1 Å². The molecule has 0 aromatic carbocycles. The van der Waals surface area contributed by atoms with Gasteiger partial charge in [-0.1, -0.05) is 13.8 Å². The lowest BCUT2D eigenvalue weighted by molar-refractivity contribution is 0.572. The lowest BCUT2D eigenvalue weighted by atomic mass is 10.1. The van der Waals surface area contributed by atoms with Crippen molar-refractivity contribution in [3.63, 3.8) is 0 Å². The Hall–Kier alpha value is -1.45. The minimum Gasteiger partial charge on any atom is -0.230 e. The van der Waals surface area contributed by atoms with E-state index in [9.17, 15) is 4.39 Å². The lowest BCUT2D eigenvalue weighted by Crippen LogP contribution is -2.02. The zero-order chi connectivity index (χ0) is 10.3. The van der Waals surface area contributed by atoms with Gasteiger partial charge in [0.1, 0.15) is 0 Å². The summed E-state index contributed by atoms with van der Waals surface area (Å²) in [5.41, 5.74) is 2.20. The maximum absolute atomic E-state index is 13.5. The maximum Gasteiger partial charge on any atom is 0.163 e. The molecule has 0 radical (unpaired) electrons. The Morgan fingerprint density at radius 3 is 2.79 bits per heavy atom. The highest BCUT2D eigenvalue weighted by atomic mass is 19.1. The summed E-state index contributed by atoms with van der Waals surface area (Å²) < 4.78 is 14.9. The molecule has 0 unspecified atom stereocenters. The summed E-state index contributed by atoms with van der Waals surface area (Å²) in [4.78, 5) is 4.26. The van der Waals surface area contributed by atoms with E-state index in [1.165, 1.54) is 10.7 Å². The van der Waals surface area contributed by atoms with Gasteiger partial charge in [-0.2, -0.15) is 5.10 Å².